The lowest BCUT2D eigenvalue weighted by Gasteiger charge is -2.21. The van der Waals surface area contributed by atoms with E-state index in [1.807, 2.05) is 0 Å². The Kier molecular flexibility index (Phi) is 5.60. The molecule has 7 heteroatoms. The van der Waals surface area contributed by atoms with Crippen LogP contribution < -0.4 is 0 Å². The summed E-state index contributed by atoms with van der Waals surface area (Å²) in [6.07, 6.45) is -0.648. The molecule has 1 aromatic carbocycles. The Morgan fingerprint density at radius 2 is 1.96 bits per heavy atom. The minimum Gasteiger partial charge on any atom is -0.461 e. The van der Waals surface area contributed by atoms with Gasteiger partial charge in [-0.2, -0.15) is 0 Å². The SMILES string of the molecule is CCOC(=O)c1cc2ccc(Cl)c(CBr)c2n1C(=O)OC(C)(C)C. The number of halogens is 2. The molecule has 1 heterocycles. The molecule has 24 heavy (non-hydrogen) atoms. The van der Waals surface area contributed by atoms with E-state index in [4.69, 9.17) is 21.1 Å². The summed E-state index contributed by atoms with van der Waals surface area (Å²) < 4.78 is 11.8. The van der Waals surface area contributed by atoms with E-state index < -0.39 is 17.7 Å². The Morgan fingerprint density at radius 1 is 1.29 bits per heavy atom. The van der Waals surface area contributed by atoms with Crippen molar-refractivity contribution in [2.75, 3.05) is 6.61 Å². The molecule has 0 aliphatic carbocycles. The Balaban J connectivity index is 2.75. The van der Waals surface area contributed by atoms with Crippen molar-refractivity contribution in [2.45, 2.75) is 38.6 Å². The Labute approximate surface area is 154 Å². The largest absolute Gasteiger partial charge is 0.461 e. The van der Waals surface area contributed by atoms with Crippen LogP contribution in [-0.4, -0.2) is 28.8 Å². The molecule has 0 atom stereocenters. The topological polar surface area (TPSA) is 57.5 Å². The molecule has 130 valence electrons. The zero-order chi connectivity index (χ0) is 18.1. The van der Waals surface area contributed by atoms with Gasteiger partial charge in [0.05, 0.1) is 12.1 Å². The highest BCUT2D eigenvalue weighted by molar-refractivity contribution is 9.08. The van der Waals surface area contributed by atoms with Crippen molar-refractivity contribution in [3.63, 3.8) is 0 Å². The second kappa shape index (κ2) is 7.15. The highest BCUT2D eigenvalue weighted by Crippen LogP contribution is 2.31. The summed E-state index contributed by atoms with van der Waals surface area (Å²) in [5.74, 6) is -0.587. The van der Waals surface area contributed by atoms with Crippen LogP contribution in [0.5, 0.6) is 0 Å². The maximum atomic E-state index is 12.7. The number of nitrogens with zero attached hydrogens (tertiary/aromatic N) is 1. The van der Waals surface area contributed by atoms with Crippen LogP contribution in [0.15, 0.2) is 18.2 Å². The number of benzene rings is 1. The third kappa shape index (κ3) is 3.75. The molecule has 0 aliphatic rings. The normalized spacial score (nSPS) is 11.6. The first-order chi connectivity index (χ1) is 11.2. The van der Waals surface area contributed by atoms with Gasteiger partial charge in [0, 0.05) is 21.3 Å². The zero-order valence-electron chi connectivity index (χ0n) is 14.0. The van der Waals surface area contributed by atoms with Gasteiger partial charge >= 0.3 is 12.1 Å². The van der Waals surface area contributed by atoms with Gasteiger partial charge in [-0.3, -0.25) is 0 Å². The number of aromatic nitrogens is 1. The van der Waals surface area contributed by atoms with Crippen LogP contribution in [0.1, 0.15) is 43.7 Å². The second-order valence-corrected chi connectivity index (χ2v) is 7.13. The minimum atomic E-state index is -0.702. The molecule has 2 aromatic rings. The van der Waals surface area contributed by atoms with Gasteiger partial charge in [0.2, 0.25) is 0 Å². The average molecular weight is 417 g/mol. The molecule has 0 amide bonds. The Bertz CT molecular complexity index is 792. The molecule has 0 saturated carbocycles. The molecular weight excluding hydrogens is 398 g/mol. The van der Waals surface area contributed by atoms with E-state index in [1.165, 1.54) is 4.57 Å². The molecule has 0 spiro atoms. The van der Waals surface area contributed by atoms with Gasteiger partial charge in [0.15, 0.2) is 0 Å². The lowest BCUT2D eigenvalue weighted by Crippen LogP contribution is -2.29. The van der Waals surface area contributed by atoms with Crippen LogP contribution in [-0.2, 0) is 14.8 Å². The Hall–Kier alpha value is -1.53. The number of esters is 1. The van der Waals surface area contributed by atoms with E-state index in [9.17, 15) is 9.59 Å². The fourth-order valence-corrected chi connectivity index (χ4v) is 3.27. The van der Waals surface area contributed by atoms with E-state index in [0.717, 1.165) is 0 Å². The summed E-state index contributed by atoms with van der Waals surface area (Å²) in [7, 11) is 0. The summed E-state index contributed by atoms with van der Waals surface area (Å²) in [5, 5.41) is 1.64. The number of hydrogen-bond donors (Lipinski definition) is 0. The maximum absolute atomic E-state index is 12.7. The van der Waals surface area contributed by atoms with E-state index in [-0.39, 0.29) is 12.3 Å². The molecule has 0 bridgehead atoms. The first-order valence-corrected chi connectivity index (χ1v) is 8.98. The van der Waals surface area contributed by atoms with Gasteiger partial charge in [0.1, 0.15) is 11.3 Å². The first-order valence-electron chi connectivity index (χ1n) is 7.49. The number of carbonyl (C=O) groups is 2. The van der Waals surface area contributed by atoms with Gasteiger partial charge in [0.25, 0.3) is 0 Å². The van der Waals surface area contributed by atoms with Gasteiger partial charge in [-0.05, 0) is 39.8 Å². The molecular formula is C17H19BrClNO4. The number of ether oxygens (including phenoxy) is 2. The van der Waals surface area contributed by atoms with Gasteiger partial charge in [-0.25, -0.2) is 14.2 Å². The zero-order valence-corrected chi connectivity index (χ0v) is 16.3. The number of fused-ring (bicyclic) bond motifs is 1. The monoisotopic (exact) mass is 415 g/mol. The molecule has 0 aliphatic heterocycles. The second-order valence-electron chi connectivity index (χ2n) is 6.16. The first kappa shape index (κ1) is 18.8. The fraction of sp³-hybridized carbons (Fsp3) is 0.412. The molecule has 5 nitrogen and oxygen atoms in total. The lowest BCUT2D eigenvalue weighted by atomic mass is 10.1. The summed E-state index contributed by atoms with van der Waals surface area (Å²) in [6, 6.07) is 5.10. The third-order valence-corrected chi connectivity index (χ3v) is 4.12. The number of rotatable bonds is 3. The maximum Gasteiger partial charge on any atom is 0.419 e. The van der Waals surface area contributed by atoms with E-state index in [1.54, 1.807) is 45.9 Å². The molecule has 0 radical (unpaired) electrons. The van der Waals surface area contributed by atoms with Crippen LogP contribution in [0.4, 0.5) is 4.79 Å². The van der Waals surface area contributed by atoms with Crippen LogP contribution in [0.3, 0.4) is 0 Å². The molecule has 0 fully saturated rings. The fourth-order valence-electron chi connectivity index (χ4n) is 2.32. The van der Waals surface area contributed by atoms with Crippen LogP contribution in [0, 0.1) is 0 Å². The standard InChI is InChI=1S/C17H19BrClNO4/c1-5-23-15(21)13-8-10-6-7-12(19)11(9-18)14(10)20(13)16(22)24-17(2,3)4/h6-8H,5,9H2,1-4H3. The predicted octanol–water partition coefficient (Wildman–Crippen LogP) is 5.15. The summed E-state index contributed by atoms with van der Waals surface area (Å²) in [5.41, 5.74) is 0.657. The van der Waals surface area contributed by atoms with E-state index in [2.05, 4.69) is 15.9 Å². The van der Waals surface area contributed by atoms with Gasteiger partial charge in [-0.1, -0.05) is 33.6 Å². The summed E-state index contributed by atoms with van der Waals surface area (Å²) >= 11 is 9.64. The predicted molar refractivity (Wildman–Crippen MR) is 97.2 cm³/mol. The Morgan fingerprint density at radius 3 is 2.50 bits per heavy atom. The van der Waals surface area contributed by atoms with Crippen LogP contribution >= 0.6 is 27.5 Å². The highest BCUT2D eigenvalue weighted by Gasteiger charge is 2.27. The van der Waals surface area contributed by atoms with Crippen molar-refractivity contribution in [2.24, 2.45) is 0 Å². The van der Waals surface area contributed by atoms with Crippen molar-refractivity contribution >= 4 is 50.5 Å². The number of alkyl halides is 1. The smallest absolute Gasteiger partial charge is 0.419 e. The summed E-state index contributed by atoms with van der Waals surface area (Å²) in [4.78, 5) is 25.0. The molecule has 0 unspecified atom stereocenters. The van der Waals surface area contributed by atoms with Crippen LogP contribution in [0.2, 0.25) is 5.02 Å². The van der Waals surface area contributed by atoms with Crippen molar-refractivity contribution in [1.29, 1.82) is 0 Å². The summed E-state index contributed by atoms with van der Waals surface area (Å²) in [6.45, 7) is 7.21. The average Bonchev–Trinajstić information content (AvgIpc) is 2.85. The highest BCUT2D eigenvalue weighted by atomic mass is 79.9. The lowest BCUT2D eigenvalue weighted by molar-refractivity contribution is 0.0454. The number of hydrogen-bond acceptors (Lipinski definition) is 4. The number of carbonyl (C=O) groups excluding carboxylic acids is 2. The van der Waals surface area contributed by atoms with Crippen molar-refractivity contribution in [3.8, 4) is 0 Å². The van der Waals surface area contributed by atoms with E-state index >= 15 is 0 Å². The van der Waals surface area contributed by atoms with Crippen molar-refractivity contribution in [1.82, 2.24) is 4.57 Å². The van der Waals surface area contributed by atoms with Crippen molar-refractivity contribution in [3.05, 3.63) is 34.5 Å². The third-order valence-electron chi connectivity index (χ3n) is 3.21. The van der Waals surface area contributed by atoms with Crippen LogP contribution in [0.25, 0.3) is 10.9 Å². The van der Waals surface area contributed by atoms with Gasteiger partial charge < -0.3 is 9.47 Å². The molecule has 2 rings (SSSR count). The molecule has 1 aromatic heterocycles. The van der Waals surface area contributed by atoms with E-state index in [0.29, 0.717) is 26.8 Å². The molecule has 0 saturated heterocycles. The minimum absolute atomic E-state index is 0.116. The quantitative estimate of drug-likeness (QED) is 0.513. The molecule has 0 N–H and O–H groups in total. The van der Waals surface area contributed by atoms with Crippen molar-refractivity contribution < 1.29 is 19.1 Å². The van der Waals surface area contributed by atoms with Gasteiger partial charge in [-0.15, -0.1) is 0 Å².